The van der Waals surface area contributed by atoms with Crippen LogP contribution in [0.25, 0.3) is 0 Å². The number of carbonyl (C=O) groups excluding carboxylic acids is 1. The van der Waals surface area contributed by atoms with Gasteiger partial charge in [-0.2, -0.15) is 0 Å². The zero-order valence-corrected chi connectivity index (χ0v) is 16.0. The Labute approximate surface area is 157 Å². The summed E-state index contributed by atoms with van der Waals surface area (Å²) in [6, 6.07) is 7.54. The van der Waals surface area contributed by atoms with Crippen molar-refractivity contribution in [3.63, 3.8) is 0 Å². The molecule has 1 aliphatic carbocycles. The van der Waals surface area contributed by atoms with Crippen molar-refractivity contribution in [2.24, 2.45) is 0 Å². The van der Waals surface area contributed by atoms with E-state index in [1.54, 1.807) is 0 Å². The van der Waals surface area contributed by atoms with E-state index in [2.05, 4.69) is 17.1 Å². The molecule has 2 fully saturated rings. The van der Waals surface area contributed by atoms with Crippen molar-refractivity contribution in [2.75, 3.05) is 39.5 Å². The lowest BCUT2D eigenvalue weighted by Gasteiger charge is -2.48. The van der Waals surface area contributed by atoms with E-state index in [4.69, 9.17) is 9.47 Å². The Morgan fingerprint density at radius 3 is 2.65 bits per heavy atom. The van der Waals surface area contributed by atoms with Crippen molar-refractivity contribution >= 4 is 5.91 Å². The summed E-state index contributed by atoms with van der Waals surface area (Å²) >= 11 is 0. The molecule has 5 heteroatoms. The fraction of sp³-hybridized carbons (Fsp3) is 0.667. The van der Waals surface area contributed by atoms with E-state index in [0.717, 1.165) is 45.6 Å². The van der Waals surface area contributed by atoms with E-state index in [0.29, 0.717) is 24.5 Å². The van der Waals surface area contributed by atoms with Gasteiger partial charge in [-0.3, -0.25) is 9.69 Å². The van der Waals surface area contributed by atoms with E-state index < -0.39 is 0 Å². The Morgan fingerprint density at radius 2 is 1.92 bits per heavy atom. The molecule has 0 spiro atoms. The number of hydrogen-bond acceptors (Lipinski definition) is 4. The number of benzene rings is 1. The minimum atomic E-state index is -0.0325. The lowest BCUT2D eigenvalue weighted by molar-refractivity contribution is -0.0361. The van der Waals surface area contributed by atoms with Gasteiger partial charge in [0.1, 0.15) is 5.75 Å². The van der Waals surface area contributed by atoms with Crippen LogP contribution in [0.3, 0.4) is 0 Å². The zero-order chi connectivity index (χ0) is 18.2. The van der Waals surface area contributed by atoms with Crippen molar-refractivity contribution in [3.05, 3.63) is 29.8 Å². The Morgan fingerprint density at radius 1 is 1.19 bits per heavy atom. The molecule has 0 aromatic heterocycles. The molecule has 144 valence electrons. The van der Waals surface area contributed by atoms with Gasteiger partial charge in [0.15, 0.2) is 0 Å². The number of hydrogen-bond donors (Lipinski definition) is 1. The third-order valence-electron chi connectivity index (χ3n) is 5.64. The van der Waals surface area contributed by atoms with Gasteiger partial charge in [0.05, 0.1) is 25.4 Å². The summed E-state index contributed by atoms with van der Waals surface area (Å²) in [4.78, 5) is 15.4. The van der Waals surface area contributed by atoms with Crippen LogP contribution in [0.1, 0.15) is 55.8 Å². The molecule has 5 nitrogen and oxygen atoms in total. The largest absolute Gasteiger partial charge is 0.493 e. The standard InChI is InChI=1S/C21H32N2O3/c1-2-14-26-19-9-5-4-8-18(19)20(24)22-17-21(10-6-3-7-11-21)23-12-15-25-16-13-23/h4-5,8-9H,2-3,6-7,10-17H2,1H3,(H,22,24). The van der Waals surface area contributed by atoms with E-state index >= 15 is 0 Å². The molecule has 3 rings (SSSR count). The van der Waals surface area contributed by atoms with Crippen LogP contribution in [-0.4, -0.2) is 55.8 Å². The molecule has 0 atom stereocenters. The Balaban J connectivity index is 1.68. The van der Waals surface area contributed by atoms with Crippen molar-refractivity contribution in [3.8, 4) is 5.75 Å². The molecule has 1 aromatic rings. The number of morpholine rings is 1. The van der Waals surface area contributed by atoms with E-state index in [1.807, 2.05) is 24.3 Å². The van der Waals surface area contributed by atoms with Gasteiger partial charge in [0.25, 0.3) is 5.91 Å². The zero-order valence-electron chi connectivity index (χ0n) is 16.0. The third kappa shape index (κ3) is 4.57. The molecule has 1 saturated heterocycles. The topological polar surface area (TPSA) is 50.8 Å². The second kappa shape index (κ2) is 9.38. The van der Waals surface area contributed by atoms with Crippen LogP contribution < -0.4 is 10.1 Å². The monoisotopic (exact) mass is 360 g/mol. The Kier molecular flexibility index (Phi) is 6.92. The predicted molar refractivity (Wildman–Crippen MR) is 103 cm³/mol. The van der Waals surface area contributed by atoms with Crippen LogP contribution in [0, 0.1) is 0 Å². The van der Waals surface area contributed by atoms with Gasteiger partial charge in [0.2, 0.25) is 0 Å². The highest BCUT2D eigenvalue weighted by Gasteiger charge is 2.38. The van der Waals surface area contributed by atoms with Crippen molar-refractivity contribution < 1.29 is 14.3 Å². The fourth-order valence-electron chi connectivity index (χ4n) is 4.18. The van der Waals surface area contributed by atoms with Gasteiger partial charge in [-0.25, -0.2) is 0 Å². The molecule has 0 radical (unpaired) electrons. The normalized spacial score (nSPS) is 20.5. The maximum Gasteiger partial charge on any atom is 0.255 e. The maximum absolute atomic E-state index is 12.9. The van der Waals surface area contributed by atoms with E-state index in [9.17, 15) is 4.79 Å². The van der Waals surface area contributed by atoms with E-state index in [-0.39, 0.29) is 11.4 Å². The summed E-state index contributed by atoms with van der Waals surface area (Å²) in [5, 5.41) is 3.22. The summed E-state index contributed by atoms with van der Waals surface area (Å²) in [5.41, 5.74) is 0.713. The summed E-state index contributed by atoms with van der Waals surface area (Å²) in [6.45, 7) is 6.92. The molecule has 2 aliphatic rings. The highest BCUT2D eigenvalue weighted by atomic mass is 16.5. The average Bonchev–Trinajstić information content (AvgIpc) is 2.72. The highest BCUT2D eigenvalue weighted by Crippen LogP contribution is 2.34. The summed E-state index contributed by atoms with van der Waals surface area (Å²) in [6.07, 6.45) is 7.01. The average molecular weight is 360 g/mol. The minimum absolute atomic E-state index is 0.0325. The lowest BCUT2D eigenvalue weighted by Crippen LogP contribution is -2.59. The first-order valence-corrected chi connectivity index (χ1v) is 10.1. The van der Waals surface area contributed by atoms with Crippen LogP contribution in [0.5, 0.6) is 5.75 Å². The predicted octanol–water partition coefficient (Wildman–Crippen LogP) is 3.24. The van der Waals surface area contributed by atoms with Gasteiger partial charge < -0.3 is 14.8 Å². The van der Waals surface area contributed by atoms with Crippen LogP contribution in [0.15, 0.2) is 24.3 Å². The van der Waals surface area contributed by atoms with Crippen LogP contribution in [-0.2, 0) is 4.74 Å². The smallest absolute Gasteiger partial charge is 0.255 e. The second-order valence-electron chi connectivity index (χ2n) is 7.41. The fourth-order valence-corrected chi connectivity index (χ4v) is 4.18. The molecule has 1 N–H and O–H groups in total. The second-order valence-corrected chi connectivity index (χ2v) is 7.41. The molecular weight excluding hydrogens is 328 g/mol. The van der Waals surface area contributed by atoms with Crippen LogP contribution >= 0.6 is 0 Å². The summed E-state index contributed by atoms with van der Waals surface area (Å²) in [7, 11) is 0. The number of ether oxygens (including phenoxy) is 2. The quantitative estimate of drug-likeness (QED) is 0.811. The number of nitrogens with one attached hydrogen (secondary N) is 1. The van der Waals surface area contributed by atoms with Gasteiger partial charge in [-0.1, -0.05) is 38.3 Å². The number of nitrogens with zero attached hydrogens (tertiary/aromatic N) is 1. The first-order chi connectivity index (χ1) is 12.7. The highest BCUT2D eigenvalue weighted by molar-refractivity contribution is 5.96. The summed E-state index contributed by atoms with van der Waals surface area (Å²) < 4.78 is 11.3. The van der Waals surface area contributed by atoms with E-state index in [1.165, 1.54) is 19.3 Å². The Hall–Kier alpha value is -1.59. The van der Waals surface area contributed by atoms with Crippen LogP contribution in [0.4, 0.5) is 0 Å². The minimum Gasteiger partial charge on any atom is -0.493 e. The molecular formula is C21H32N2O3. The van der Waals surface area contributed by atoms with Crippen molar-refractivity contribution in [1.82, 2.24) is 10.2 Å². The molecule has 1 amide bonds. The van der Waals surface area contributed by atoms with Gasteiger partial charge in [-0.15, -0.1) is 0 Å². The molecule has 1 heterocycles. The maximum atomic E-state index is 12.9. The SMILES string of the molecule is CCCOc1ccccc1C(=O)NCC1(N2CCOCC2)CCCCC1. The Bertz CT molecular complexity index is 578. The molecule has 1 aromatic carbocycles. The molecule has 0 bridgehead atoms. The first-order valence-electron chi connectivity index (χ1n) is 10.1. The number of para-hydroxylation sites is 1. The van der Waals surface area contributed by atoms with Crippen LogP contribution in [0.2, 0.25) is 0 Å². The first kappa shape index (κ1) is 19.2. The third-order valence-corrected chi connectivity index (χ3v) is 5.64. The molecule has 26 heavy (non-hydrogen) atoms. The number of carbonyl (C=O) groups is 1. The van der Waals surface area contributed by atoms with Gasteiger partial charge in [-0.05, 0) is 31.4 Å². The van der Waals surface area contributed by atoms with Crippen molar-refractivity contribution in [2.45, 2.75) is 51.0 Å². The number of amides is 1. The van der Waals surface area contributed by atoms with Crippen molar-refractivity contribution in [1.29, 1.82) is 0 Å². The van der Waals surface area contributed by atoms with Gasteiger partial charge >= 0.3 is 0 Å². The number of rotatable bonds is 7. The summed E-state index contributed by atoms with van der Waals surface area (Å²) in [5.74, 6) is 0.644. The molecule has 0 unspecified atom stereocenters. The van der Waals surface area contributed by atoms with Gasteiger partial charge in [0, 0.05) is 25.2 Å². The molecule has 1 saturated carbocycles. The lowest BCUT2D eigenvalue weighted by atomic mass is 9.79. The molecule has 1 aliphatic heterocycles.